The molecule has 15 heteroatoms. The lowest BCUT2D eigenvalue weighted by Gasteiger charge is -2.31. The average Bonchev–Trinajstić information content (AvgIpc) is 3.26. The van der Waals surface area contributed by atoms with E-state index in [4.69, 9.17) is 19.9 Å². The molecule has 248 valence electrons. The van der Waals surface area contributed by atoms with Gasteiger partial charge in [-0.15, -0.1) is 0 Å². The van der Waals surface area contributed by atoms with Crippen LogP contribution in [0.4, 0.5) is 5.69 Å². The van der Waals surface area contributed by atoms with Crippen molar-refractivity contribution >= 4 is 41.3 Å². The van der Waals surface area contributed by atoms with Crippen LogP contribution in [0.2, 0.25) is 0 Å². The van der Waals surface area contributed by atoms with E-state index in [0.717, 1.165) is 4.90 Å². The van der Waals surface area contributed by atoms with Crippen LogP contribution >= 0.6 is 0 Å². The number of aliphatic hydroxyl groups excluding tert-OH is 1. The molecule has 0 saturated carbocycles. The number of amides is 4. The second-order valence-electron chi connectivity index (χ2n) is 11.7. The summed E-state index contributed by atoms with van der Waals surface area (Å²) in [4.78, 5) is 75.3. The molecule has 2 aliphatic rings. The number of benzene rings is 1. The zero-order chi connectivity index (χ0) is 33.4. The number of anilines is 1. The number of carboxylic acids is 1. The lowest BCUT2D eigenvalue weighted by molar-refractivity contribution is -0.195. The van der Waals surface area contributed by atoms with Gasteiger partial charge in [-0.1, -0.05) is 33.8 Å². The maximum Gasteiger partial charge on any atom is 0.333 e. The number of rotatable bonds is 14. The SMILES string of the molecule is CC(C)C(=O)OCc1ccc(O[C@@H]2C[C@H](O)C[C@H](C(=O)O)O2)c(NC(=O)CCNC(=O)C(CN)N2C(=O)CC(C(C)C)C2=O)c1. The summed E-state index contributed by atoms with van der Waals surface area (Å²) < 4.78 is 16.5. The summed E-state index contributed by atoms with van der Waals surface area (Å²) in [7, 11) is 0. The van der Waals surface area contributed by atoms with Crippen molar-refractivity contribution in [3.63, 3.8) is 0 Å². The number of ether oxygens (including phenoxy) is 3. The number of likely N-dealkylation sites (tertiary alicyclic amines) is 1. The Morgan fingerprint density at radius 3 is 2.44 bits per heavy atom. The first-order valence-corrected chi connectivity index (χ1v) is 14.9. The summed E-state index contributed by atoms with van der Waals surface area (Å²) in [6, 6.07) is 3.37. The molecule has 0 aliphatic carbocycles. The molecule has 15 nitrogen and oxygen atoms in total. The van der Waals surface area contributed by atoms with E-state index >= 15 is 0 Å². The number of aliphatic hydroxyl groups is 1. The molecule has 2 aliphatic heterocycles. The molecule has 2 saturated heterocycles. The van der Waals surface area contributed by atoms with Gasteiger partial charge in [-0.05, 0) is 23.6 Å². The lowest BCUT2D eigenvalue weighted by atomic mass is 9.94. The van der Waals surface area contributed by atoms with E-state index in [9.17, 15) is 39.0 Å². The van der Waals surface area contributed by atoms with Gasteiger partial charge in [-0.3, -0.25) is 28.9 Å². The van der Waals surface area contributed by atoms with Crippen molar-refractivity contribution in [2.24, 2.45) is 23.5 Å². The normalized spacial score (nSPS) is 22.4. The fourth-order valence-corrected chi connectivity index (χ4v) is 4.91. The quantitative estimate of drug-likeness (QED) is 0.140. The maximum atomic E-state index is 12.9. The van der Waals surface area contributed by atoms with Gasteiger partial charge < -0.3 is 40.8 Å². The van der Waals surface area contributed by atoms with Crippen LogP contribution in [0.3, 0.4) is 0 Å². The van der Waals surface area contributed by atoms with E-state index in [1.54, 1.807) is 19.9 Å². The van der Waals surface area contributed by atoms with Crippen LogP contribution in [0.25, 0.3) is 0 Å². The highest BCUT2D eigenvalue weighted by molar-refractivity contribution is 6.07. The largest absolute Gasteiger partial charge is 0.479 e. The van der Waals surface area contributed by atoms with Crippen LogP contribution in [0, 0.1) is 17.8 Å². The molecule has 3 rings (SSSR count). The molecule has 0 radical (unpaired) electrons. The van der Waals surface area contributed by atoms with Crippen molar-refractivity contribution < 1.29 is 53.2 Å². The number of nitrogens with one attached hydrogen (secondary N) is 2. The summed E-state index contributed by atoms with van der Waals surface area (Å²) in [6.07, 6.45) is -3.73. The molecule has 45 heavy (non-hydrogen) atoms. The number of carbonyl (C=O) groups is 6. The highest BCUT2D eigenvalue weighted by Gasteiger charge is 2.45. The topological polar surface area (TPSA) is 224 Å². The van der Waals surface area contributed by atoms with E-state index < -0.39 is 66.0 Å². The third-order valence-corrected chi connectivity index (χ3v) is 7.48. The number of carboxylic acid groups (broad SMARTS) is 1. The Hall–Kier alpha value is -4.08. The van der Waals surface area contributed by atoms with Crippen LogP contribution in [0.1, 0.15) is 58.9 Å². The number of nitrogens with zero attached hydrogens (tertiary/aromatic N) is 1. The molecule has 6 N–H and O–H groups in total. The van der Waals surface area contributed by atoms with Gasteiger partial charge in [0.05, 0.1) is 17.7 Å². The summed E-state index contributed by atoms with van der Waals surface area (Å²) >= 11 is 0. The van der Waals surface area contributed by atoms with E-state index in [0.29, 0.717) is 5.56 Å². The first-order valence-electron chi connectivity index (χ1n) is 14.9. The number of hydrogen-bond acceptors (Lipinski definition) is 11. The van der Waals surface area contributed by atoms with Gasteiger partial charge in [-0.2, -0.15) is 0 Å². The van der Waals surface area contributed by atoms with Gasteiger partial charge in [0.15, 0.2) is 6.10 Å². The van der Waals surface area contributed by atoms with E-state index in [-0.39, 0.29) is 68.7 Å². The van der Waals surface area contributed by atoms with Gasteiger partial charge in [0, 0.05) is 44.7 Å². The fourth-order valence-electron chi connectivity index (χ4n) is 4.91. The minimum Gasteiger partial charge on any atom is -0.479 e. The van der Waals surface area contributed by atoms with Crippen molar-refractivity contribution in [1.29, 1.82) is 0 Å². The molecule has 5 atom stereocenters. The third kappa shape index (κ3) is 9.45. The van der Waals surface area contributed by atoms with Crippen molar-refractivity contribution in [1.82, 2.24) is 10.2 Å². The molecule has 2 fully saturated rings. The van der Waals surface area contributed by atoms with Gasteiger partial charge in [0.1, 0.15) is 18.4 Å². The Morgan fingerprint density at radius 2 is 1.84 bits per heavy atom. The highest BCUT2D eigenvalue weighted by atomic mass is 16.7. The molecule has 1 aromatic carbocycles. The molecule has 4 amide bonds. The van der Waals surface area contributed by atoms with Crippen LogP contribution in [0.15, 0.2) is 18.2 Å². The number of carbonyl (C=O) groups excluding carboxylic acids is 5. The monoisotopic (exact) mass is 634 g/mol. The summed E-state index contributed by atoms with van der Waals surface area (Å²) in [5.41, 5.74) is 6.40. The average molecular weight is 635 g/mol. The Bertz CT molecular complexity index is 1280. The third-order valence-electron chi connectivity index (χ3n) is 7.48. The molecule has 2 unspecified atom stereocenters. The Balaban J connectivity index is 1.67. The number of imide groups is 1. The van der Waals surface area contributed by atoms with Crippen molar-refractivity contribution in [3.05, 3.63) is 23.8 Å². The fraction of sp³-hybridized carbons (Fsp3) is 0.600. The lowest BCUT2D eigenvalue weighted by Crippen LogP contribution is -2.53. The van der Waals surface area contributed by atoms with E-state index in [1.807, 2.05) is 13.8 Å². The first-order chi connectivity index (χ1) is 21.2. The van der Waals surface area contributed by atoms with Crippen LogP contribution < -0.4 is 21.1 Å². The molecule has 0 spiro atoms. The summed E-state index contributed by atoms with van der Waals surface area (Å²) in [6.45, 7) is 6.48. The van der Waals surface area contributed by atoms with Crippen LogP contribution in [-0.2, 0) is 44.8 Å². The molecular formula is C30H42N4O11. The van der Waals surface area contributed by atoms with E-state index in [2.05, 4.69) is 10.6 Å². The predicted molar refractivity (Wildman–Crippen MR) is 157 cm³/mol. The molecule has 1 aromatic rings. The van der Waals surface area contributed by atoms with Crippen LogP contribution in [0.5, 0.6) is 5.75 Å². The molecule has 0 bridgehead atoms. The second kappa shape index (κ2) is 15.8. The van der Waals surface area contributed by atoms with Gasteiger partial charge in [-0.25, -0.2) is 4.79 Å². The summed E-state index contributed by atoms with van der Waals surface area (Å²) in [5, 5.41) is 24.7. The standard InChI is InChI=1S/C30H42N4O11/c1-15(2)19-12-25(37)34(28(19)39)21(13-31)27(38)32-8-7-24(36)33-20-9-17(14-43-30(42)16(3)4)5-6-22(20)44-26-11-18(35)10-23(45-26)29(40)41/h5-6,9,15-16,18-19,21,23,26,35H,7-8,10-14,31H2,1-4H3,(H,32,38)(H,33,36)(H,40,41)/t18-,19?,21?,23-,26+/m1/s1. The van der Waals surface area contributed by atoms with Crippen LogP contribution in [-0.4, -0.2) is 88.3 Å². The zero-order valence-electron chi connectivity index (χ0n) is 25.8. The van der Waals surface area contributed by atoms with Crippen molar-refractivity contribution in [2.75, 3.05) is 18.4 Å². The van der Waals surface area contributed by atoms with Crippen molar-refractivity contribution in [2.45, 2.75) is 84.5 Å². The Morgan fingerprint density at radius 1 is 1.13 bits per heavy atom. The Labute approximate surface area is 260 Å². The van der Waals surface area contributed by atoms with Gasteiger partial charge >= 0.3 is 11.9 Å². The summed E-state index contributed by atoms with van der Waals surface area (Å²) in [5.74, 6) is -4.68. The second-order valence-corrected chi connectivity index (χ2v) is 11.7. The zero-order valence-corrected chi connectivity index (χ0v) is 25.8. The number of esters is 1. The maximum absolute atomic E-state index is 12.9. The number of nitrogens with two attached hydrogens (primary N) is 1. The minimum atomic E-state index is -1.28. The van der Waals surface area contributed by atoms with Gasteiger partial charge in [0.25, 0.3) is 0 Å². The van der Waals surface area contributed by atoms with E-state index in [1.165, 1.54) is 12.1 Å². The molecule has 0 aromatic heterocycles. The molecular weight excluding hydrogens is 592 g/mol. The minimum absolute atomic E-state index is 0.00461. The smallest absolute Gasteiger partial charge is 0.333 e. The van der Waals surface area contributed by atoms with Gasteiger partial charge in [0.2, 0.25) is 29.9 Å². The Kier molecular flexibility index (Phi) is 12.4. The molecule has 2 heterocycles. The number of hydrogen-bond donors (Lipinski definition) is 5. The first kappa shape index (κ1) is 35.4. The van der Waals surface area contributed by atoms with Crippen molar-refractivity contribution in [3.8, 4) is 5.75 Å². The predicted octanol–water partition coefficient (Wildman–Crippen LogP) is 0.518. The highest BCUT2D eigenvalue weighted by Crippen LogP contribution is 2.31. The number of aliphatic carboxylic acids is 1.